The van der Waals surface area contributed by atoms with E-state index in [-0.39, 0.29) is 33.1 Å². The van der Waals surface area contributed by atoms with Crippen LogP contribution in [0.4, 0.5) is 10.3 Å². The number of ether oxygens (including phenoxy) is 2. The summed E-state index contributed by atoms with van der Waals surface area (Å²) < 4.78 is 55.4. The fourth-order valence-electron chi connectivity index (χ4n) is 8.60. The van der Waals surface area contributed by atoms with Crippen molar-refractivity contribution in [2.24, 2.45) is 35.9 Å². The first-order valence-electron chi connectivity index (χ1n) is 26.2. The number of carbonyl (C=O) groups is 6. The second-order valence-corrected chi connectivity index (χ2v) is 23.3. The Morgan fingerprint density at radius 1 is 0.690 bits per heavy atom. The minimum Gasteiger partial charge on any atom is -0.483 e. The number of carboxylic acids is 2. The van der Waals surface area contributed by atoms with Gasteiger partial charge in [0.25, 0.3) is 35.8 Å². The highest BCUT2D eigenvalue weighted by Gasteiger charge is 2.61. The van der Waals surface area contributed by atoms with Crippen LogP contribution in [0.2, 0.25) is 0 Å². The Morgan fingerprint density at radius 3 is 1.40 bits per heavy atom. The van der Waals surface area contributed by atoms with E-state index in [0.29, 0.717) is 36.3 Å². The van der Waals surface area contributed by atoms with Crippen molar-refractivity contribution in [3.05, 3.63) is 83.6 Å². The second kappa shape index (κ2) is 26.6. The third-order valence-electron chi connectivity index (χ3n) is 13.3. The number of pyridine rings is 2. The van der Waals surface area contributed by atoms with Crippen molar-refractivity contribution < 1.29 is 84.2 Å². The first-order valence-corrected chi connectivity index (χ1v) is 29.3. The summed E-state index contributed by atoms with van der Waals surface area (Å²) in [5.74, 6) is -7.07. The van der Waals surface area contributed by atoms with Gasteiger partial charge >= 0.3 is 22.3 Å². The van der Waals surface area contributed by atoms with Gasteiger partial charge < -0.3 is 62.9 Å². The number of aliphatic carboxylic acids is 2. The molecule has 4 atom stereocenters. The van der Waals surface area contributed by atoms with Gasteiger partial charge in [0, 0.05) is 48.4 Å². The minimum absolute atomic E-state index is 0.0162. The Labute approximate surface area is 503 Å². The number of nitrogens with one attached hydrogen (secondary N) is 2. The Balaban J connectivity index is 0.867. The van der Waals surface area contributed by atoms with Crippen LogP contribution in [0.15, 0.2) is 82.5 Å². The number of hydroxylamine groups is 4. The highest BCUT2D eigenvalue weighted by Crippen LogP contribution is 2.37. The van der Waals surface area contributed by atoms with Gasteiger partial charge in [-0.1, -0.05) is 10.3 Å². The SMILES string of the molecule is C[n+]1cc(OC[C@H](O/N=C(\C(=O)N[C@@H]2C(=O)N(OS(=O)(=O)ON3C(=O)[C@@H](NC(=O)/C(=N\O[C@@H](COc4ccc(-c5cnn(CCCN)c5)[n+](C)c4)C(=O)O)c4csc(N)n4)C3(C)C)C2(C)C)c2csc(N)n2)C(=O)O)ccc1-c1cnn(CCCN)c1. The lowest BCUT2D eigenvalue weighted by atomic mass is 9.84. The molecule has 0 aromatic carbocycles. The summed E-state index contributed by atoms with van der Waals surface area (Å²) in [6, 6.07) is 3.64. The van der Waals surface area contributed by atoms with Gasteiger partial charge in [-0.25, -0.2) is 19.6 Å². The van der Waals surface area contributed by atoms with E-state index in [2.05, 4.69) is 41.1 Å². The Hall–Kier alpha value is -9.27. The van der Waals surface area contributed by atoms with Gasteiger partial charge in [-0.3, -0.25) is 28.5 Å². The summed E-state index contributed by atoms with van der Waals surface area (Å²) in [6.07, 6.45) is 8.23. The third kappa shape index (κ3) is 14.7. The number of aryl methyl sites for hydroxylation is 4. The molecular weight excluding hydrogens is 1200 g/mol. The number of oxime groups is 2. The van der Waals surface area contributed by atoms with Crippen molar-refractivity contribution in [1.29, 1.82) is 0 Å². The number of rotatable bonds is 30. The van der Waals surface area contributed by atoms with Gasteiger partial charge in [0.1, 0.15) is 50.8 Å². The number of aromatic nitrogens is 8. The summed E-state index contributed by atoms with van der Waals surface area (Å²) >= 11 is 1.80. The van der Waals surface area contributed by atoms with Crippen LogP contribution in [0.1, 0.15) is 51.9 Å². The van der Waals surface area contributed by atoms with Crippen LogP contribution in [0.3, 0.4) is 0 Å². The van der Waals surface area contributed by atoms with Crippen LogP contribution in [0.25, 0.3) is 22.5 Å². The van der Waals surface area contributed by atoms with Gasteiger partial charge in [-0.2, -0.15) is 37.9 Å². The number of nitrogens with zero attached hydrogens (tertiary/aromatic N) is 12. The number of thiazole rings is 2. The molecule has 2 aliphatic rings. The maximum atomic E-state index is 13.9. The topological polar surface area (TPSA) is 461 Å². The summed E-state index contributed by atoms with van der Waals surface area (Å²) in [6.45, 7) is 6.34. The van der Waals surface area contributed by atoms with Gasteiger partial charge in [0.05, 0.1) is 34.6 Å². The number of β-lactam (4-membered cyclic amide) rings is 2. The molecule has 2 saturated heterocycles. The molecule has 0 radical (unpaired) electrons. The molecule has 464 valence electrons. The molecule has 0 saturated carbocycles. The number of hydrogen-bond donors (Lipinski definition) is 8. The molecule has 37 heteroatoms. The van der Waals surface area contributed by atoms with Crippen molar-refractivity contribution >= 4 is 90.3 Å². The van der Waals surface area contributed by atoms with Crippen LogP contribution in [0.5, 0.6) is 11.5 Å². The van der Waals surface area contributed by atoms with Gasteiger partial charge in [-0.05, 0) is 65.8 Å². The van der Waals surface area contributed by atoms with E-state index in [1.807, 2.05) is 12.4 Å². The molecule has 0 unspecified atom stereocenters. The normalized spacial score (nSPS) is 17.2. The zero-order valence-electron chi connectivity index (χ0n) is 47.4. The van der Waals surface area contributed by atoms with Crippen molar-refractivity contribution in [3.63, 3.8) is 0 Å². The lowest BCUT2D eigenvalue weighted by Gasteiger charge is -2.52. The maximum absolute atomic E-state index is 13.9. The Morgan fingerprint density at radius 2 is 1.08 bits per heavy atom. The largest absolute Gasteiger partial charge is 0.483 e. The zero-order chi connectivity index (χ0) is 63.1. The lowest BCUT2D eigenvalue weighted by molar-refractivity contribution is -0.660. The first kappa shape index (κ1) is 63.7. The average Bonchev–Trinajstić information content (AvgIpc) is 1.34. The quantitative estimate of drug-likeness (QED) is 0.0109. The minimum atomic E-state index is -5.37. The van der Waals surface area contributed by atoms with E-state index < -0.39 is 106 Å². The van der Waals surface area contributed by atoms with E-state index in [4.69, 9.17) is 50.7 Å². The lowest BCUT2D eigenvalue weighted by Crippen LogP contribution is -2.78. The molecule has 0 bridgehead atoms. The number of nitrogen functional groups attached to an aromatic ring is 2. The molecule has 34 nitrogen and oxygen atoms in total. The maximum Gasteiger partial charge on any atom is 0.442 e. The van der Waals surface area contributed by atoms with Crippen LogP contribution >= 0.6 is 22.7 Å². The molecule has 2 aliphatic heterocycles. The van der Waals surface area contributed by atoms with Crippen molar-refractivity contribution in [3.8, 4) is 34.0 Å². The van der Waals surface area contributed by atoms with E-state index >= 15 is 0 Å². The molecule has 87 heavy (non-hydrogen) atoms. The highest BCUT2D eigenvalue weighted by atomic mass is 32.3. The van der Waals surface area contributed by atoms with Crippen molar-refractivity contribution in [2.45, 2.75) is 89.0 Å². The van der Waals surface area contributed by atoms with E-state index in [9.17, 15) is 47.4 Å². The zero-order valence-corrected chi connectivity index (χ0v) is 49.9. The Bertz CT molecular complexity index is 3520. The summed E-state index contributed by atoms with van der Waals surface area (Å²) in [5, 5.41) is 44.5. The van der Waals surface area contributed by atoms with Crippen molar-refractivity contribution in [2.75, 3.05) is 37.8 Å². The third-order valence-corrected chi connectivity index (χ3v) is 15.4. The number of hydrogen-bond acceptors (Lipinski definition) is 26. The molecule has 4 amide bonds. The van der Waals surface area contributed by atoms with E-state index in [1.165, 1.54) is 38.5 Å². The number of anilines is 2. The molecule has 12 N–H and O–H groups in total. The fourth-order valence-corrected chi connectivity index (χ4v) is 10.6. The van der Waals surface area contributed by atoms with Crippen molar-refractivity contribution in [1.82, 2.24) is 50.3 Å². The molecule has 8 rings (SSSR count). The van der Waals surface area contributed by atoms with Gasteiger partial charge in [0.2, 0.25) is 23.8 Å². The predicted octanol–water partition coefficient (Wildman–Crippen LogP) is -1.64. The van der Waals surface area contributed by atoms with Crippen LogP contribution in [0, 0.1) is 0 Å². The predicted molar refractivity (Wildman–Crippen MR) is 304 cm³/mol. The number of nitrogens with two attached hydrogens (primary N) is 4. The summed E-state index contributed by atoms with van der Waals surface area (Å²) in [5.41, 5.74) is 21.1. The molecule has 0 spiro atoms. The van der Waals surface area contributed by atoms with Gasteiger partial charge in [-0.15, -0.1) is 31.2 Å². The van der Waals surface area contributed by atoms with E-state index in [1.54, 1.807) is 81.6 Å². The monoisotopic (exact) mass is 1270 g/mol. The highest BCUT2D eigenvalue weighted by molar-refractivity contribution is 7.81. The molecule has 2 fully saturated rings. The van der Waals surface area contributed by atoms with Crippen LogP contribution < -0.4 is 52.2 Å². The Kier molecular flexibility index (Phi) is 19.5. The molecular formula is C50H62N18O16S3+2. The van der Waals surface area contributed by atoms with Crippen LogP contribution in [-0.2, 0) is 84.6 Å². The molecule has 6 aromatic rings. The smallest absolute Gasteiger partial charge is 0.442 e. The standard InChI is InChI=1S/C50H60N18O16S3/c1-49(2)39(59-41(69)37(31-25-85-47(53)57-31)61-81-35(45(73)74)23-79-29-9-11-33(63(5)21-29)27-17-55-65(19-27)15-7-13-51)43(71)67(49)83-87(77,78)84-68-44(72)40(50(68,3)4)60-42(70)38(32-26-86-48(54)58-32)62-82-36(46(75)76)24-80-30-10-12-34(64(6)22-30)28-18-56-66(20-28)16-8-14-52/h9-12,17-22,25-26,35-36,39-40H,7-8,13-16,23-24,51-52H2,1-6H3,(H6-2,53,54,57,58,59,60,69,70,73,74,75,76)/p+2/b61-37-,62-38-/t35-,36-,39+,40+/m0/s1. The number of amides is 4. The average molecular weight is 1270 g/mol. The second-order valence-electron chi connectivity index (χ2n) is 20.4. The summed E-state index contributed by atoms with van der Waals surface area (Å²) in [7, 11) is -1.86. The van der Waals surface area contributed by atoms with E-state index in [0.717, 1.165) is 58.0 Å². The fraction of sp³-hybridized carbons (Fsp3) is 0.400. The summed E-state index contributed by atoms with van der Waals surface area (Å²) in [4.78, 5) is 98.4. The molecule has 6 aromatic heterocycles. The number of carboxylic acid groups (broad SMARTS) is 2. The number of carbonyl (C=O) groups excluding carboxylic acids is 4. The molecule has 0 aliphatic carbocycles. The van der Waals surface area contributed by atoms with Crippen LogP contribution in [-0.4, -0.2) is 167 Å². The molecule has 8 heterocycles. The van der Waals surface area contributed by atoms with Gasteiger partial charge in [0.15, 0.2) is 33.2 Å². The first-order chi connectivity index (χ1) is 41.2.